The number of aliphatic hydroxyl groups is 1. The predicted octanol–water partition coefficient (Wildman–Crippen LogP) is 2.35. The van der Waals surface area contributed by atoms with Gasteiger partial charge in [0.1, 0.15) is 11.6 Å². The number of nitrogens with one attached hydrogen (secondary N) is 3. The zero-order valence-corrected chi connectivity index (χ0v) is 16.3. The first-order valence-electron chi connectivity index (χ1n) is 9.37. The van der Waals surface area contributed by atoms with E-state index in [1.807, 2.05) is 33.0 Å². The molecule has 4 rings (SSSR count). The number of nitrogens with zero attached hydrogens (tertiary/aromatic N) is 2. The molecule has 0 amide bonds. The van der Waals surface area contributed by atoms with Crippen LogP contribution in [-0.4, -0.2) is 48.1 Å². The molecule has 148 valence electrons. The highest BCUT2D eigenvalue weighted by Crippen LogP contribution is 2.44. The van der Waals surface area contributed by atoms with E-state index in [1.165, 1.54) is 0 Å². The van der Waals surface area contributed by atoms with Crippen LogP contribution >= 0.6 is 0 Å². The predicted molar refractivity (Wildman–Crippen MR) is 108 cm³/mol. The molecule has 1 atom stereocenters. The fourth-order valence-corrected chi connectivity index (χ4v) is 3.57. The minimum absolute atomic E-state index is 0.138. The molecule has 0 radical (unpaired) electrons. The van der Waals surface area contributed by atoms with E-state index in [9.17, 15) is 5.11 Å². The maximum absolute atomic E-state index is 10.2. The fourth-order valence-electron chi connectivity index (χ4n) is 3.57. The topological polar surface area (TPSA) is 101 Å². The largest absolute Gasteiger partial charge is 0.451 e. The Morgan fingerprint density at radius 1 is 1.21 bits per heavy atom. The van der Waals surface area contributed by atoms with E-state index in [0.29, 0.717) is 42.8 Å². The van der Waals surface area contributed by atoms with Crippen LogP contribution in [0.5, 0.6) is 11.6 Å². The summed E-state index contributed by atoms with van der Waals surface area (Å²) in [4.78, 5) is 9.16. The third-order valence-corrected chi connectivity index (χ3v) is 4.90. The number of aliphatic hydroxyl groups excluding tert-OH is 1. The molecule has 0 aromatic carbocycles. The number of pyridine rings is 2. The Balaban J connectivity index is 1.77. The number of hydrogen-bond donors (Lipinski definition) is 4. The Morgan fingerprint density at radius 2 is 2.07 bits per heavy atom. The van der Waals surface area contributed by atoms with E-state index in [0.717, 1.165) is 28.1 Å². The minimum atomic E-state index is -0.452. The summed E-state index contributed by atoms with van der Waals surface area (Å²) in [6, 6.07) is 3.90. The molecule has 28 heavy (non-hydrogen) atoms. The lowest BCUT2D eigenvalue weighted by atomic mass is 9.95. The lowest BCUT2D eigenvalue weighted by Crippen LogP contribution is -2.24. The number of β-amino-alcohol motifs (C(OH)–C–C–N with tert-alkyl or cyclic N) is 1. The number of ether oxygens (including phenoxy) is 2. The lowest BCUT2D eigenvalue weighted by molar-refractivity contribution is 0.170. The first-order chi connectivity index (χ1) is 13.5. The number of hydrogen-bond acceptors (Lipinski definition) is 8. The van der Waals surface area contributed by atoms with E-state index in [-0.39, 0.29) is 6.79 Å². The van der Waals surface area contributed by atoms with Gasteiger partial charge >= 0.3 is 0 Å². The molecular formula is C20H25N5O3. The van der Waals surface area contributed by atoms with Gasteiger partial charge in [-0.05, 0) is 25.5 Å². The Hall–Kier alpha value is -2.84. The zero-order chi connectivity index (χ0) is 19.7. The van der Waals surface area contributed by atoms with Crippen molar-refractivity contribution in [2.45, 2.75) is 26.4 Å². The van der Waals surface area contributed by atoms with E-state index < -0.39 is 6.10 Å². The first-order valence-corrected chi connectivity index (χ1v) is 9.37. The Morgan fingerprint density at radius 3 is 2.89 bits per heavy atom. The molecule has 8 heteroatoms. The average Bonchev–Trinajstić information content (AvgIpc) is 3.01. The molecule has 2 aromatic rings. The van der Waals surface area contributed by atoms with Crippen LogP contribution in [0.2, 0.25) is 0 Å². The number of aryl methyl sites for hydroxylation is 1. The Kier molecular flexibility index (Phi) is 5.06. The molecule has 0 spiro atoms. The summed E-state index contributed by atoms with van der Waals surface area (Å²) in [6.45, 7) is 5.33. The fraction of sp³-hybridized carbons (Fsp3) is 0.400. The standard InChI is InChI=1S/C20H25N5O3/c1-11-6-14(21-3)8-16(23-11)24-19-12(2)17(18-20(25-19)28-10-27-18)13-4-5-22-9-15(26)7-13/h4,6,8,15,22,26H,5,7,9-10H2,1-3H3,(H2,21,23,24,25)/t15-/m1/s1. The molecule has 2 aliphatic rings. The van der Waals surface area contributed by atoms with Crippen LogP contribution in [0.1, 0.15) is 23.2 Å². The van der Waals surface area contributed by atoms with Crippen molar-refractivity contribution in [2.24, 2.45) is 0 Å². The van der Waals surface area contributed by atoms with Crippen molar-refractivity contribution in [1.82, 2.24) is 15.3 Å². The third-order valence-electron chi connectivity index (χ3n) is 4.90. The van der Waals surface area contributed by atoms with Gasteiger partial charge in [-0.2, -0.15) is 4.98 Å². The summed E-state index contributed by atoms with van der Waals surface area (Å²) in [5, 5.41) is 19.9. The second kappa shape index (κ2) is 7.65. The molecular weight excluding hydrogens is 358 g/mol. The molecule has 0 bridgehead atoms. The molecule has 4 N–H and O–H groups in total. The molecule has 8 nitrogen and oxygen atoms in total. The monoisotopic (exact) mass is 383 g/mol. The lowest BCUT2D eigenvalue weighted by Gasteiger charge is -2.18. The van der Waals surface area contributed by atoms with Crippen molar-refractivity contribution in [2.75, 3.05) is 37.6 Å². The maximum atomic E-state index is 10.2. The van der Waals surface area contributed by atoms with Gasteiger partial charge in [0.25, 0.3) is 5.88 Å². The molecule has 0 saturated heterocycles. The molecule has 2 aromatic heterocycles. The van der Waals surface area contributed by atoms with Gasteiger partial charge in [-0.3, -0.25) is 0 Å². The van der Waals surface area contributed by atoms with E-state index in [1.54, 1.807) is 0 Å². The zero-order valence-electron chi connectivity index (χ0n) is 16.3. The van der Waals surface area contributed by atoms with Gasteiger partial charge in [0, 0.05) is 55.1 Å². The van der Waals surface area contributed by atoms with Gasteiger partial charge in [0.2, 0.25) is 6.79 Å². The van der Waals surface area contributed by atoms with Crippen LogP contribution in [0.4, 0.5) is 17.3 Å². The summed E-state index contributed by atoms with van der Waals surface area (Å²) in [7, 11) is 1.87. The van der Waals surface area contributed by atoms with Gasteiger partial charge in [0.15, 0.2) is 5.75 Å². The van der Waals surface area contributed by atoms with Crippen molar-refractivity contribution in [3.63, 3.8) is 0 Å². The summed E-state index contributed by atoms with van der Waals surface area (Å²) in [5.74, 6) is 2.45. The van der Waals surface area contributed by atoms with Crippen molar-refractivity contribution < 1.29 is 14.6 Å². The minimum Gasteiger partial charge on any atom is -0.451 e. The van der Waals surface area contributed by atoms with Crippen LogP contribution < -0.4 is 25.4 Å². The Labute approximate surface area is 164 Å². The highest BCUT2D eigenvalue weighted by atomic mass is 16.7. The molecule has 0 saturated carbocycles. The van der Waals surface area contributed by atoms with Gasteiger partial charge in [-0.25, -0.2) is 4.98 Å². The maximum Gasteiger partial charge on any atom is 0.262 e. The summed E-state index contributed by atoms with van der Waals surface area (Å²) in [5.41, 5.74) is 4.74. The molecule has 4 heterocycles. The number of fused-ring (bicyclic) bond motifs is 1. The van der Waals surface area contributed by atoms with E-state index in [4.69, 9.17) is 9.47 Å². The van der Waals surface area contributed by atoms with Crippen LogP contribution in [0.15, 0.2) is 18.2 Å². The van der Waals surface area contributed by atoms with Crippen molar-refractivity contribution in [3.05, 3.63) is 35.0 Å². The molecule has 2 aliphatic heterocycles. The number of anilines is 3. The van der Waals surface area contributed by atoms with E-state index >= 15 is 0 Å². The average molecular weight is 383 g/mol. The smallest absolute Gasteiger partial charge is 0.262 e. The van der Waals surface area contributed by atoms with Crippen molar-refractivity contribution in [3.8, 4) is 11.6 Å². The van der Waals surface area contributed by atoms with Gasteiger partial charge in [-0.15, -0.1) is 0 Å². The highest BCUT2D eigenvalue weighted by molar-refractivity contribution is 5.80. The quantitative estimate of drug-likeness (QED) is 0.638. The van der Waals surface area contributed by atoms with Crippen LogP contribution in [0, 0.1) is 13.8 Å². The first kappa shape index (κ1) is 18.5. The number of rotatable bonds is 4. The van der Waals surface area contributed by atoms with Gasteiger partial charge in [0.05, 0.1) is 6.10 Å². The SMILES string of the molecule is CNc1cc(C)nc(Nc2nc3c(c(C4=CCNC[C@H](O)C4)c2C)OCO3)c1. The van der Waals surface area contributed by atoms with Crippen LogP contribution in [0.3, 0.4) is 0 Å². The van der Waals surface area contributed by atoms with Crippen molar-refractivity contribution in [1.29, 1.82) is 0 Å². The highest BCUT2D eigenvalue weighted by Gasteiger charge is 2.28. The third kappa shape index (κ3) is 3.61. The number of aromatic nitrogens is 2. The molecule has 0 unspecified atom stereocenters. The molecule has 0 aliphatic carbocycles. The van der Waals surface area contributed by atoms with Gasteiger partial charge in [-0.1, -0.05) is 6.08 Å². The van der Waals surface area contributed by atoms with Crippen molar-refractivity contribution >= 4 is 22.9 Å². The normalized spacial score (nSPS) is 18.4. The second-order valence-corrected chi connectivity index (χ2v) is 7.00. The van der Waals surface area contributed by atoms with Crippen LogP contribution in [0.25, 0.3) is 5.57 Å². The second-order valence-electron chi connectivity index (χ2n) is 7.00. The van der Waals surface area contributed by atoms with Gasteiger partial charge < -0.3 is 30.5 Å². The van der Waals surface area contributed by atoms with E-state index in [2.05, 4.69) is 32.0 Å². The Bertz CT molecular complexity index is 929. The summed E-state index contributed by atoms with van der Waals surface area (Å²) >= 11 is 0. The summed E-state index contributed by atoms with van der Waals surface area (Å²) in [6.07, 6.45) is 2.18. The molecule has 0 fully saturated rings. The summed E-state index contributed by atoms with van der Waals surface area (Å²) < 4.78 is 11.3. The van der Waals surface area contributed by atoms with Crippen LogP contribution in [-0.2, 0) is 0 Å².